The number of benzene rings is 1. The van der Waals surface area contributed by atoms with Gasteiger partial charge < -0.3 is 5.32 Å². The Labute approximate surface area is 123 Å². The quantitative estimate of drug-likeness (QED) is 0.887. The summed E-state index contributed by atoms with van der Waals surface area (Å²) in [5.74, 6) is 0.812. The molecule has 0 aromatic heterocycles. The summed E-state index contributed by atoms with van der Waals surface area (Å²) in [6.07, 6.45) is 3.67. The molecule has 1 aromatic carbocycles. The lowest BCUT2D eigenvalue weighted by atomic mass is 9.80. The second-order valence-corrected chi connectivity index (χ2v) is 6.97. The van der Waals surface area contributed by atoms with E-state index in [1.165, 1.54) is 22.3 Å². The lowest BCUT2D eigenvalue weighted by Crippen LogP contribution is -2.44. The minimum absolute atomic E-state index is 0.0301. The molecule has 1 amide bonds. The van der Waals surface area contributed by atoms with Crippen molar-refractivity contribution in [1.29, 1.82) is 0 Å². The van der Waals surface area contributed by atoms with Crippen LogP contribution in [0.1, 0.15) is 55.4 Å². The minimum Gasteiger partial charge on any atom is -0.350 e. The van der Waals surface area contributed by atoms with E-state index in [-0.39, 0.29) is 11.4 Å². The van der Waals surface area contributed by atoms with Gasteiger partial charge >= 0.3 is 0 Å². The second kappa shape index (κ2) is 5.59. The van der Waals surface area contributed by atoms with Gasteiger partial charge in [-0.15, -0.1) is 0 Å². The maximum atomic E-state index is 11.7. The standard InChI is InChI=1S/C18H27NO/c1-12(2)10-18(7-6-17(20)19-18)11-16-9-14(4)13(3)8-15(16)5/h8-9,12H,6-7,10-11H2,1-5H3,(H,19,20). The topological polar surface area (TPSA) is 29.1 Å². The highest BCUT2D eigenvalue weighted by molar-refractivity contribution is 5.79. The molecule has 1 N–H and O–H groups in total. The normalized spacial score (nSPS) is 22.4. The first-order valence-corrected chi connectivity index (χ1v) is 7.69. The van der Waals surface area contributed by atoms with Crippen LogP contribution in [0.25, 0.3) is 0 Å². The molecule has 1 saturated heterocycles. The number of aryl methyl sites for hydroxylation is 3. The van der Waals surface area contributed by atoms with Crippen LogP contribution >= 0.6 is 0 Å². The van der Waals surface area contributed by atoms with E-state index < -0.39 is 0 Å². The molecule has 1 unspecified atom stereocenters. The lowest BCUT2D eigenvalue weighted by molar-refractivity contribution is -0.119. The predicted octanol–water partition coefficient (Wildman–Crippen LogP) is 3.85. The van der Waals surface area contributed by atoms with E-state index in [1.807, 2.05) is 0 Å². The van der Waals surface area contributed by atoms with Crippen molar-refractivity contribution in [2.24, 2.45) is 5.92 Å². The van der Waals surface area contributed by atoms with Crippen molar-refractivity contribution in [3.05, 3.63) is 34.4 Å². The molecule has 2 heteroatoms. The molecular weight excluding hydrogens is 246 g/mol. The molecule has 0 aliphatic carbocycles. The largest absolute Gasteiger partial charge is 0.350 e. The average molecular weight is 273 g/mol. The number of rotatable bonds is 4. The smallest absolute Gasteiger partial charge is 0.220 e. The monoisotopic (exact) mass is 273 g/mol. The Hall–Kier alpha value is -1.31. The second-order valence-electron chi connectivity index (χ2n) is 6.97. The molecule has 1 atom stereocenters. The van der Waals surface area contributed by atoms with Gasteiger partial charge in [0.25, 0.3) is 0 Å². The molecule has 1 heterocycles. The molecule has 0 spiro atoms. The fraction of sp³-hybridized carbons (Fsp3) is 0.611. The summed E-state index contributed by atoms with van der Waals surface area (Å²) < 4.78 is 0. The predicted molar refractivity (Wildman–Crippen MR) is 83.9 cm³/mol. The Balaban J connectivity index is 2.29. The zero-order chi connectivity index (χ0) is 14.9. The first kappa shape index (κ1) is 15.1. The Kier molecular flexibility index (Phi) is 4.22. The molecule has 0 radical (unpaired) electrons. The summed E-state index contributed by atoms with van der Waals surface area (Å²) in [7, 11) is 0. The molecule has 1 fully saturated rings. The molecule has 0 saturated carbocycles. The van der Waals surface area contributed by atoms with E-state index in [0.717, 1.165) is 19.3 Å². The van der Waals surface area contributed by atoms with Gasteiger partial charge in [0.2, 0.25) is 5.91 Å². The van der Waals surface area contributed by atoms with Gasteiger partial charge in [-0.1, -0.05) is 26.0 Å². The molecule has 2 nitrogen and oxygen atoms in total. The van der Waals surface area contributed by atoms with Gasteiger partial charge in [-0.25, -0.2) is 0 Å². The SMILES string of the molecule is Cc1cc(C)c(CC2(CC(C)C)CCC(=O)N2)cc1C. The van der Waals surface area contributed by atoms with Crippen molar-refractivity contribution in [3.63, 3.8) is 0 Å². The van der Waals surface area contributed by atoms with E-state index in [2.05, 4.69) is 52.1 Å². The van der Waals surface area contributed by atoms with Crippen molar-refractivity contribution in [2.45, 2.75) is 65.8 Å². The summed E-state index contributed by atoms with van der Waals surface area (Å²) in [5.41, 5.74) is 5.39. The van der Waals surface area contributed by atoms with Crippen LogP contribution in [0.5, 0.6) is 0 Å². The van der Waals surface area contributed by atoms with Gasteiger partial charge in [-0.05, 0) is 68.2 Å². The lowest BCUT2D eigenvalue weighted by Gasteiger charge is -2.32. The highest BCUT2D eigenvalue weighted by Crippen LogP contribution is 2.32. The van der Waals surface area contributed by atoms with Crippen molar-refractivity contribution >= 4 is 5.91 Å². The van der Waals surface area contributed by atoms with Crippen molar-refractivity contribution in [3.8, 4) is 0 Å². The molecule has 20 heavy (non-hydrogen) atoms. The van der Waals surface area contributed by atoms with Crippen LogP contribution in [0.2, 0.25) is 0 Å². The van der Waals surface area contributed by atoms with Crippen LogP contribution in [-0.2, 0) is 11.2 Å². The first-order chi connectivity index (χ1) is 9.31. The Morgan fingerprint density at radius 2 is 1.80 bits per heavy atom. The van der Waals surface area contributed by atoms with Crippen LogP contribution < -0.4 is 5.32 Å². The maximum absolute atomic E-state index is 11.7. The van der Waals surface area contributed by atoms with Crippen LogP contribution in [0.4, 0.5) is 0 Å². The number of amides is 1. The van der Waals surface area contributed by atoms with Crippen molar-refractivity contribution in [2.75, 3.05) is 0 Å². The van der Waals surface area contributed by atoms with Gasteiger partial charge in [-0.2, -0.15) is 0 Å². The molecular formula is C18H27NO. The molecule has 110 valence electrons. The molecule has 1 aromatic rings. The first-order valence-electron chi connectivity index (χ1n) is 7.69. The van der Waals surface area contributed by atoms with Gasteiger partial charge in [0, 0.05) is 12.0 Å². The van der Waals surface area contributed by atoms with Gasteiger partial charge in [0.05, 0.1) is 0 Å². The third kappa shape index (κ3) is 3.23. The van der Waals surface area contributed by atoms with E-state index >= 15 is 0 Å². The summed E-state index contributed by atoms with van der Waals surface area (Å²) in [4.78, 5) is 11.7. The zero-order valence-corrected chi connectivity index (χ0v) is 13.5. The summed E-state index contributed by atoms with van der Waals surface area (Å²) in [6.45, 7) is 11.0. The third-order valence-corrected chi connectivity index (χ3v) is 4.52. The third-order valence-electron chi connectivity index (χ3n) is 4.52. The van der Waals surface area contributed by atoms with Crippen LogP contribution in [0.3, 0.4) is 0 Å². The van der Waals surface area contributed by atoms with E-state index in [9.17, 15) is 4.79 Å². The summed E-state index contributed by atoms with van der Waals surface area (Å²) in [6, 6.07) is 4.57. The summed E-state index contributed by atoms with van der Waals surface area (Å²) >= 11 is 0. The summed E-state index contributed by atoms with van der Waals surface area (Å²) in [5, 5.41) is 3.27. The van der Waals surface area contributed by atoms with E-state index in [1.54, 1.807) is 0 Å². The Bertz CT molecular complexity index is 518. The van der Waals surface area contributed by atoms with Crippen molar-refractivity contribution < 1.29 is 4.79 Å². The number of carbonyl (C=O) groups is 1. The number of hydrogen-bond acceptors (Lipinski definition) is 1. The molecule has 0 bridgehead atoms. The van der Waals surface area contributed by atoms with Gasteiger partial charge in [0.15, 0.2) is 0 Å². The number of carbonyl (C=O) groups excluding carboxylic acids is 1. The number of nitrogens with one attached hydrogen (secondary N) is 1. The highest BCUT2D eigenvalue weighted by Gasteiger charge is 2.38. The molecule has 2 rings (SSSR count). The average Bonchev–Trinajstić information content (AvgIpc) is 2.66. The van der Waals surface area contributed by atoms with E-state index in [0.29, 0.717) is 12.3 Å². The van der Waals surface area contributed by atoms with Gasteiger partial charge in [-0.3, -0.25) is 4.79 Å². The minimum atomic E-state index is -0.0301. The zero-order valence-electron chi connectivity index (χ0n) is 13.5. The van der Waals surface area contributed by atoms with Gasteiger partial charge in [0.1, 0.15) is 0 Å². The fourth-order valence-corrected chi connectivity index (χ4v) is 3.49. The Morgan fingerprint density at radius 1 is 1.15 bits per heavy atom. The van der Waals surface area contributed by atoms with Crippen LogP contribution in [0.15, 0.2) is 12.1 Å². The van der Waals surface area contributed by atoms with E-state index in [4.69, 9.17) is 0 Å². The molecule has 1 aliphatic heterocycles. The Morgan fingerprint density at radius 3 is 2.35 bits per heavy atom. The maximum Gasteiger partial charge on any atom is 0.220 e. The van der Waals surface area contributed by atoms with Crippen LogP contribution in [-0.4, -0.2) is 11.4 Å². The number of hydrogen-bond donors (Lipinski definition) is 1. The molecule has 1 aliphatic rings. The van der Waals surface area contributed by atoms with Crippen LogP contribution in [0, 0.1) is 26.7 Å². The fourth-order valence-electron chi connectivity index (χ4n) is 3.49. The highest BCUT2D eigenvalue weighted by atomic mass is 16.2. The van der Waals surface area contributed by atoms with Crippen molar-refractivity contribution in [1.82, 2.24) is 5.32 Å².